The number of nitrogens with zero attached hydrogens (tertiary/aromatic N) is 6. The molecule has 0 spiro atoms. The van der Waals surface area contributed by atoms with E-state index < -0.39 is 35.8 Å². The molecular weight excluding hydrogens is 528 g/mol. The second kappa shape index (κ2) is 10.4. The molecule has 0 aliphatic carbocycles. The molecule has 198 valence electrons. The van der Waals surface area contributed by atoms with Crippen molar-refractivity contribution in [3.63, 3.8) is 0 Å². The molecule has 0 saturated carbocycles. The van der Waals surface area contributed by atoms with Gasteiger partial charge in [0.05, 0.1) is 35.0 Å². The summed E-state index contributed by atoms with van der Waals surface area (Å²) in [6.07, 6.45) is -9.07. The van der Waals surface area contributed by atoms with E-state index in [4.69, 9.17) is 10.5 Å². The predicted molar refractivity (Wildman–Crippen MR) is 120 cm³/mol. The summed E-state index contributed by atoms with van der Waals surface area (Å²) in [4.78, 5) is 23.7. The maximum absolute atomic E-state index is 13.1. The summed E-state index contributed by atoms with van der Waals surface area (Å²) in [6, 6.07) is 2.80. The Morgan fingerprint density at radius 1 is 1.00 bits per heavy atom. The molecule has 3 heterocycles. The number of amides is 1. The molecular formula is C21H19F6N7O2S. The molecule has 1 aliphatic rings. The number of ether oxygens (including phenoxy) is 1. The number of nitrogens with two attached hydrogens (primary N) is 1. The Labute approximate surface area is 210 Å². The first-order valence-corrected chi connectivity index (χ1v) is 11.5. The average molecular weight is 547 g/mol. The third kappa shape index (κ3) is 6.55. The number of benzene rings is 1. The number of aromatic nitrogens is 4. The fourth-order valence-corrected chi connectivity index (χ4v) is 4.19. The van der Waals surface area contributed by atoms with Crippen molar-refractivity contribution < 1.29 is 35.9 Å². The second-order valence-electron chi connectivity index (χ2n) is 8.05. The number of rotatable bonds is 6. The SMILES string of the molecule is Nc1nccc(COc2nsnc2N2CCN(C(=O)Cc3cc(C(F)(F)F)cc(C(F)(F)F)c3)CC2)n1. The van der Waals surface area contributed by atoms with Crippen molar-refractivity contribution in [3.05, 3.63) is 52.8 Å². The summed E-state index contributed by atoms with van der Waals surface area (Å²) < 4.78 is 92.7. The van der Waals surface area contributed by atoms with Gasteiger partial charge in [-0.1, -0.05) is 0 Å². The first-order chi connectivity index (χ1) is 17.4. The fourth-order valence-electron chi connectivity index (χ4n) is 3.67. The molecule has 1 aromatic carbocycles. The summed E-state index contributed by atoms with van der Waals surface area (Å²) in [5.41, 5.74) is 2.81. The molecule has 1 aliphatic heterocycles. The van der Waals surface area contributed by atoms with Gasteiger partial charge in [0.15, 0.2) is 0 Å². The lowest BCUT2D eigenvalue weighted by Gasteiger charge is -2.35. The predicted octanol–water partition coefficient (Wildman–Crippen LogP) is 3.42. The zero-order valence-electron chi connectivity index (χ0n) is 18.9. The molecule has 1 amide bonds. The van der Waals surface area contributed by atoms with Gasteiger partial charge in [0.1, 0.15) is 6.61 Å². The van der Waals surface area contributed by atoms with Gasteiger partial charge in [-0.05, 0) is 29.8 Å². The number of piperazine rings is 1. The number of carbonyl (C=O) groups is 1. The van der Waals surface area contributed by atoms with Gasteiger partial charge in [-0.3, -0.25) is 4.79 Å². The highest BCUT2D eigenvalue weighted by Crippen LogP contribution is 2.36. The molecule has 0 radical (unpaired) electrons. The third-order valence-corrected chi connectivity index (χ3v) is 5.97. The van der Waals surface area contributed by atoms with Gasteiger partial charge in [0, 0.05) is 32.4 Å². The molecule has 37 heavy (non-hydrogen) atoms. The number of alkyl halides is 6. The normalized spacial score (nSPS) is 14.6. The Kier molecular flexibility index (Phi) is 7.38. The summed E-state index contributed by atoms with van der Waals surface area (Å²) in [6.45, 7) is 1.06. The Morgan fingerprint density at radius 3 is 2.24 bits per heavy atom. The molecule has 3 aromatic rings. The van der Waals surface area contributed by atoms with Crippen LogP contribution < -0.4 is 15.4 Å². The molecule has 16 heteroatoms. The van der Waals surface area contributed by atoms with Crippen molar-refractivity contribution in [3.8, 4) is 5.88 Å². The smallest absolute Gasteiger partial charge is 0.416 e. The van der Waals surface area contributed by atoms with Crippen LogP contribution in [0.25, 0.3) is 0 Å². The number of carbonyl (C=O) groups excluding carboxylic acids is 1. The van der Waals surface area contributed by atoms with Gasteiger partial charge in [0.2, 0.25) is 17.7 Å². The summed E-state index contributed by atoms with van der Waals surface area (Å²) in [7, 11) is 0. The highest BCUT2D eigenvalue weighted by atomic mass is 32.1. The van der Waals surface area contributed by atoms with E-state index in [-0.39, 0.29) is 43.2 Å². The monoisotopic (exact) mass is 547 g/mol. The van der Waals surface area contributed by atoms with Crippen LogP contribution in [0.2, 0.25) is 0 Å². The second-order valence-corrected chi connectivity index (χ2v) is 8.58. The van der Waals surface area contributed by atoms with Crippen LogP contribution in [-0.4, -0.2) is 55.7 Å². The highest BCUT2D eigenvalue weighted by molar-refractivity contribution is 6.99. The molecule has 1 fully saturated rings. The summed E-state index contributed by atoms with van der Waals surface area (Å²) in [5, 5.41) is 0. The molecule has 0 bridgehead atoms. The van der Waals surface area contributed by atoms with Crippen molar-refractivity contribution in [2.75, 3.05) is 36.8 Å². The Bertz CT molecular complexity index is 1230. The maximum atomic E-state index is 13.1. The van der Waals surface area contributed by atoms with Gasteiger partial charge in [0.25, 0.3) is 5.88 Å². The molecule has 1 saturated heterocycles. The van der Waals surface area contributed by atoms with Crippen LogP contribution in [0, 0.1) is 0 Å². The lowest BCUT2D eigenvalue weighted by Crippen LogP contribution is -2.49. The molecule has 2 aromatic heterocycles. The highest BCUT2D eigenvalue weighted by Gasteiger charge is 2.37. The minimum absolute atomic E-state index is 0.0357. The largest absolute Gasteiger partial charge is 0.468 e. The summed E-state index contributed by atoms with van der Waals surface area (Å²) >= 11 is 0.925. The standard InChI is InChI=1S/C21H19F6N7O2S/c22-20(23,24)13-7-12(8-14(10-13)21(25,26)27)9-16(35)33-3-5-34(6-4-33)17-18(32-37-31-17)36-11-15-1-2-29-19(28)30-15/h1-2,7-8,10H,3-6,9,11H2,(H2,28,29,30). The Balaban J connectivity index is 1.38. The van der Waals surface area contributed by atoms with Crippen molar-refractivity contribution in [2.24, 2.45) is 0 Å². The molecule has 2 N–H and O–H groups in total. The number of hydrogen-bond donors (Lipinski definition) is 1. The van der Waals surface area contributed by atoms with Crippen molar-refractivity contribution in [1.82, 2.24) is 23.6 Å². The van der Waals surface area contributed by atoms with E-state index in [1.165, 1.54) is 11.1 Å². The minimum Gasteiger partial charge on any atom is -0.468 e. The van der Waals surface area contributed by atoms with E-state index >= 15 is 0 Å². The van der Waals surface area contributed by atoms with Crippen LogP contribution in [0.4, 0.5) is 38.1 Å². The zero-order valence-corrected chi connectivity index (χ0v) is 19.7. The van der Waals surface area contributed by atoms with Gasteiger partial charge >= 0.3 is 12.4 Å². The molecule has 0 atom stereocenters. The van der Waals surface area contributed by atoms with E-state index in [1.54, 1.807) is 6.07 Å². The van der Waals surface area contributed by atoms with E-state index in [1.807, 2.05) is 4.90 Å². The Hall–Kier alpha value is -3.69. The van der Waals surface area contributed by atoms with E-state index in [2.05, 4.69) is 18.7 Å². The topological polar surface area (TPSA) is 110 Å². The van der Waals surface area contributed by atoms with Crippen molar-refractivity contribution >= 4 is 29.4 Å². The first kappa shape index (κ1) is 26.4. The number of nitrogen functional groups attached to an aromatic ring is 1. The van der Waals surface area contributed by atoms with Crippen LogP contribution in [0.5, 0.6) is 5.88 Å². The fraction of sp³-hybridized carbons (Fsp3) is 0.381. The zero-order chi connectivity index (χ0) is 26.8. The van der Waals surface area contributed by atoms with E-state index in [0.29, 0.717) is 36.7 Å². The van der Waals surface area contributed by atoms with E-state index in [9.17, 15) is 31.1 Å². The molecule has 4 rings (SSSR count). The number of anilines is 2. The van der Waals surface area contributed by atoms with Crippen LogP contribution in [0.3, 0.4) is 0 Å². The van der Waals surface area contributed by atoms with Gasteiger partial charge in [-0.2, -0.15) is 30.7 Å². The van der Waals surface area contributed by atoms with Crippen molar-refractivity contribution in [1.29, 1.82) is 0 Å². The van der Waals surface area contributed by atoms with E-state index in [0.717, 1.165) is 11.7 Å². The number of halogens is 6. The van der Waals surface area contributed by atoms with Gasteiger partial charge in [-0.25, -0.2) is 9.97 Å². The van der Waals surface area contributed by atoms with Crippen LogP contribution in [0.15, 0.2) is 30.5 Å². The lowest BCUT2D eigenvalue weighted by molar-refractivity contribution is -0.143. The maximum Gasteiger partial charge on any atom is 0.416 e. The minimum atomic E-state index is -4.98. The van der Waals surface area contributed by atoms with Crippen molar-refractivity contribution in [2.45, 2.75) is 25.4 Å². The first-order valence-electron chi connectivity index (χ1n) is 10.7. The lowest BCUT2D eigenvalue weighted by atomic mass is 10.0. The summed E-state index contributed by atoms with van der Waals surface area (Å²) in [5.74, 6) is 0.219. The van der Waals surface area contributed by atoms with Crippen LogP contribution >= 0.6 is 11.7 Å². The van der Waals surface area contributed by atoms with Crippen LogP contribution in [0.1, 0.15) is 22.4 Å². The van der Waals surface area contributed by atoms with Crippen LogP contribution in [-0.2, 0) is 30.2 Å². The molecule has 0 unspecified atom stereocenters. The average Bonchev–Trinajstić information content (AvgIpc) is 3.30. The van der Waals surface area contributed by atoms with Gasteiger partial charge in [-0.15, -0.1) is 4.37 Å². The molecule has 9 nitrogen and oxygen atoms in total. The van der Waals surface area contributed by atoms with Gasteiger partial charge < -0.3 is 20.3 Å². The number of hydrogen-bond acceptors (Lipinski definition) is 9. The Morgan fingerprint density at radius 2 is 1.65 bits per heavy atom. The third-order valence-electron chi connectivity index (χ3n) is 5.47. The quantitative estimate of drug-likeness (QED) is 0.468.